The molecule has 4 rings (SSSR count). The molecule has 0 radical (unpaired) electrons. The molecular weight excluding hydrogens is 897 g/mol. The van der Waals surface area contributed by atoms with Gasteiger partial charge < -0.3 is 45.7 Å². The van der Waals surface area contributed by atoms with Gasteiger partial charge in [-0.05, 0) is 57.6 Å². The van der Waals surface area contributed by atoms with Crippen molar-refractivity contribution in [2.24, 2.45) is 0 Å². The quantitative estimate of drug-likeness (QED) is 0.156. The van der Waals surface area contributed by atoms with Crippen LogP contribution in [0.4, 0.5) is 52.7 Å². The summed E-state index contributed by atoms with van der Waals surface area (Å²) >= 11 is 11.5. The number of carboxylic acids is 2. The monoisotopic (exact) mass is 922 g/mol. The summed E-state index contributed by atoms with van der Waals surface area (Å²) in [6.07, 6.45) is -25.0. The van der Waals surface area contributed by atoms with Gasteiger partial charge >= 0.3 is 83.8 Å². The van der Waals surface area contributed by atoms with Crippen LogP contribution >= 0.6 is 23.2 Å². The Kier molecular flexibility index (Phi) is 24.2. The predicted molar refractivity (Wildman–Crippen MR) is 174 cm³/mol. The van der Waals surface area contributed by atoms with Gasteiger partial charge in [-0.1, -0.05) is 96.0 Å². The van der Waals surface area contributed by atoms with Crippen molar-refractivity contribution in [2.45, 2.75) is 49.1 Å². The van der Waals surface area contributed by atoms with Crippen LogP contribution < -0.4 is 69.3 Å². The van der Waals surface area contributed by atoms with Crippen LogP contribution in [0, 0.1) is 0 Å². The molecule has 0 aliphatic carbocycles. The summed E-state index contributed by atoms with van der Waals surface area (Å²) in [6.45, 7) is -2.48. The molecule has 0 aliphatic heterocycles. The van der Waals surface area contributed by atoms with Crippen LogP contribution in [0.5, 0.6) is 0 Å². The summed E-state index contributed by atoms with van der Waals surface area (Å²) in [6, 6.07) is 23.7. The zero-order valence-corrected chi connectivity index (χ0v) is 35.4. The van der Waals surface area contributed by atoms with E-state index in [1.165, 1.54) is 48.5 Å². The summed E-state index contributed by atoms with van der Waals surface area (Å²) in [4.78, 5) is 21.4. The molecule has 0 atom stereocenters. The van der Waals surface area contributed by atoms with E-state index in [4.69, 9.17) is 23.2 Å². The SMILES string of the molecule is O.O.O.O=C([O-])C(OCc1ccc(-c2ccc(Cl)cc2)cc1)(C(F)(F)F)C(F)(F)F.O=C([O-])C(OCc1ccc(-c2ccc(Cl)cc2)cc1)(C(F)(F)F)C(F)(F)F.[Na+].[Na+]. The van der Waals surface area contributed by atoms with Crippen molar-refractivity contribution in [1.82, 2.24) is 0 Å². The molecule has 0 fully saturated rings. The Morgan fingerprint density at radius 3 is 0.780 bits per heavy atom. The van der Waals surface area contributed by atoms with Crippen LogP contribution in [0.15, 0.2) is 97.1 Å². The third kappa shape index (κ3) is 14.2. The topological polar surface area (TPSA) is 193 Å². The number of ether oxygens (including phenoxy) is 2. The fourth-order valence-corrected chi connectivity index (χ4v) is 4.74. The van der Waals surface area contributed by atoms with E-state index in [0.29, 0.717) is 32.3 Å². The number of hydrogen-bond acceptors (Lipinski definition) is 6. The zero-order valence-electron chi connectivity index (χ0n) is 29.9. The molecule has 4 aromatic carbocycles. The number of aliphatic carboxylic acids is 2. The van der Waals surface area contributed by atoms with Crippen LogP contribution in [0.25, 0.3) is 22.3 Å². The number of carbonyl (C=O) groups is 2. The summed E-state index contributed by atoms with van der Waals surface area (Å²) in [5.41, 5.74) is -8.37. The van der Waals surface area contributed by atoms with Crippen molar-refractivity contribution in [3.8, 4) is 22.3 Å². The third-order valence-corrected chi connectivity index (χ3v) is 7.85. The Labute approximate surface area is 379 Å². The van der Waals surface area contributed by atoms with Crippen LogP contribution in [-0.4, -0.2) is 64.3 Å². The fraction of sp³-hybridized carbons (Fsp3) is 0.235. The van der Waals surface area contributed by atoms with Gasteiger partial charge in [0.05, 0.1) is 25.2 Å². The molecule has 0 saturated heterocycles. The molecule has 4 aromatic rings. The van der Waals surface area contributed by atoms with Gasteiger partial charge in [-0.25, -0.2) is 0 Å². The molecule has 0 heterocycles. The number of hydrogen-bond donors (Lipinski definition) is 0. The van der Waals surface area contributed by atoms with Crippen LogP contribution in [-0.2, 0) is 32.3 Å². The molecule has 0 spiro atoms. The number of benzene rings is 4. The summed E-state index contributed by atoms with van der Waals surface area (Å²) in [5.74, 6) is -6.86. The van der Waals surface area contributed by atoms with Gasteiger partial charge in [0.25, 0.3) is 11.2 Å². The first-order chi connectivity index (χ1) is 24.8. The molecule has 0 unspecified atom stereocenters. The van der Waals surface area contributed by atoms with Gasteiger partial charge in [0.1, 0.15) is 0 Å². The van der Waals surface area contributed by atoms with Crippen molar-refractivity contribution >= 4 is 35.1 Å². The molecule has 0 amide bonds. The van der Waals surface area contributed by atoms with E-state index in [-0.39, 0.29) is 86.7 Å². The predicted octanol–water partition coefficient (Wildman–Crippen LogP) is -0.192. The Bertz CT molecular complexity index is 1730. The number of carboxylic acid groups (broad SMARTS) is 2. The Morgan fingerprint density at radius 1 is 0.424 bits per heavy atom. The average molecular weight is 923 g/mol. The van der Waals surface area contributed by atoms with Crippen molar-refractivity contribution < 1.29 is 158 Å². The Morgan fingerprint density at radius 2 is 0.610 bits per heavy atom. The maximum absolute atomic E-state index is 12.9. The van der Waals surface area contributed by atoms with Crippen molar-refractivity contribution in [3.63, 3.8) is 0 Å². The molecule has 59 heavy (non-hydrogen) atoms. The molecular formula is C34H26Cl2F12Na2O9. The second-order valence-corrected chi connectivity index (χ2v) is 11.8. The van der Waals surface area contributed by atoms with Gasteiger partial charge in [-0.3, -0.25) is 0 Å². The van der Waals surface area contributed by atoms with E-state index in [2.05, 4.69) is 9.47 Å². The summed E-state index contributed by atoms with van der Waals surface area (Å²) in [5, 5.41) is 22.4. The molecule has 9 nitrogen and oxygen atoms in total. The average Bonchev–Trinajstić information content (AvgIpc) is 3.04. The maximum Gasteiger partial charge on any atom is 1.00 e. The summed E-state index contributed by atoms with van der Waals surface area (Å²) < 4.78 is 162. The van der Waals surface area contributed by atoms with Crippen molar-refractivity contribution in [2.75, 3.05) is 0 Å². The van der Waals surface area contributed by atoms with Crippen molar-refractivity contribution in [1.29, 1.82) is 0 Å². The van der Waals surface area contributed by atoms with E-state index in [1.807, 2.05) is 0 Å². The third-order valence-electron chi connectivity index (χ3n) is 7.35. The molecule has 0 saturated carbocycles. The Balaban J connectivity index is -0.000000980. The van der Waals surface area contributed by atoms with Gasteiger partial charge in [0, 0.05) is 10.0 Å². The van der Waals surface area contributed by atoms with Crippen molar-refractivity contribution in [3.05, 3.63) is 118 Å². The second-order valence-electron chi connectivity index (χ2n) is 10.9. The van der Waals surface area contributed by atoms with E-state index < -0.39 is 61.1 Å². The smallest absolute Gasteiger partial charge is 0.546 e. The van der Waals surface area contributed by atoms with E-state index in [9.17, 15) is 72.5 Å². The zero-order chi connectivity index (χ0) is 40.9. The van der Waals surface area contributed by atoms with Gasteiger partial charge in [-0.15, -0.1) is 0 Å². The minimum absolute atomic E-state index is 0. The van der Waals surface area contributed by atoms with E-state index in [1.54, 1.807) is 48.5 Å². The van der Waals surface area contributed by atoms with E-state index >= 15 is 0 Å². The normalized spacial score (nSPS) is 11.8. The number of alkyl halides is 12. The summed E-state index contributed by atoms with van der Waals surface area (Å²) in [7, 11) is 0. The molecule has 316 valence electrons. The fourth-order valence-electron chi connectivity index (χ4n) is 4.48. The van der Waals surface area contributed by atoms with Gasteiger partial charge in [0.2, 0.25) is 0 Å². The first-order valence-corrected chi connectivity index (χ1v) is 15.2. The minimum Gasteiger partial charge on any atom is -0.546 e. The molecule has 0 aliphatic rings. The number of carbonyl (C=O) groups excluding carboxylic acids is 2. The van der Waals surface area contributed by atoms with Crippen LogP contribution in [0.2, 0.25) is 10.0 Å². The van der Waals surface area contributed by atoms with E-state index in [0.717, 1.165) is 0 Å². The first kappa shape index (κ1) is 60.7. The Hall–Kier alpha value is -2.64. The van der Waals surface area contributed by atoms with Gasteiger partial charge in [0.15, 0.2) is 0 Å². The second kappa shape index (κ2) is 23.5. The van der Waals surface area contributed by atoms with Crippen LogP contribution in [0.1, 0.15) is 11.1 Å². The standard InChI is InChI=1S/2C17H11ClF6O3.2Na.3H2O/c2*18-13-7-5-12(6-8-13)11-3-1-10(2-4-11)9-27-15(14(25)26,16(19,20)21)17(22,23)24;;;;;/h2*1-8H,9H2,(H,25,26);;;3*1H2/q;;2*+1;;;/p-2. The minimum atomic E-state index is -6.26. The first-order valence-electron chi connectivity index (χ1n) is 14.4. The van der Waals surface area contributed by atoms with Crippen LogP contribution in [0.3, 0.4) is 0 Å². The number of halogens is 14. The molecule has 6 N–H and O–H groups in total. The van der Waals surface area contributed by atoms with Gasteiger partial charge in [-0.2, -0.15) is 52.7 Å². The molecule has 0 bridgehead atoms. The number of rotatable bonds is 10. The molecule has 25 heteroatoms. The largest absolute Gasteiger partial charge is 1.00 e. The maximum atomic E-state index is 12.9. The molecule has 0 aromatic heterocycles.